The molecule has 2 rings (SSSR count). The SMILES string of the molecule is Cc1cccc(Cl)c1Nc1ccccc1CC(=O)OCC(=O)O. The van der Waals surface area contributed by atoms with Gasteiger partial charge in [0.05, 0.1) is 17.1 Å². The van der Waals surface area contributed by atoms with Crippen molar-refractivity contribution in [3.63, 3.8) is 0 Å². The zero-order valence-corrected chi connectivity index (χ0v) is 13.3. The molecular weight excluding hydrogens is 318 g/mol. The first-order chi connectivity index (χ1) is 11.0. The van der Waals surface area contributed by atoms with E-state index in [9.17, 15) is 9.59 Å². The zero-order valence-electron chi connectivity index (χ0n) is 12.5. The van der Waals surface area contributed by atoms with E-state index in [1.54, 1.807) is 18.2 Å². The van der Waals surface area contributed by atoms with E-state index in [1.165, 1.54) is 0 Å². The predicted molar refractivity (Wildman–Crippen MR) is 88.2 cm³/mol. The number of hydrogen-bond acceptors (Lipinski definition) is 4. The van der Waals surface area contributed by atoms with Crippen molar-refractivity contribution in [3.8, 4) is 0 Å². The van der Waals surface area contributed by atoms with Gasteiger partial charge < -0.3 is 15.2 Å². The number of rotatable bonds is 6. The summed E-state index contributed by atoms with van der Waals surface area (Å²) in [5, 5.41) is 12.3. The molecule has 0 atom stereocenters. The molecule has 6 heteroatoms. The Morgan fingerprint density at radius 2 is 1.91 bits per heavy atom. The van der Waals surface area contributed by atoms with E-state index in [2.05, 4.69) is 10.1 Å². The molecule has 23 heavy (non-hydrogen) atoms. The van der Waals surface area contributed by atoms with Crippen LogP contribution in [0.4, 0.5) is 11.4 Å². The number of carboxylic acid groups (broad SMARTS) is 1. The summed E-state index contributed by atoms with van der Waals surface area (Å²) in [6, 6.07) is 12.8. The smallest absolute Gasteiger partial charge is 0.341 e. The second-order valence-electron chi connectivity index (χ2n) is 4.95. The minimum absolute atomic E-state index is 0.0278. The van der Waals surface area contributed by atoms with Gasteiger partial charge in [-0.1, -0.05) is 41.9 Å². The third kappa shape index (κ3) is 4.72. The molecule has 2 N–H and O–H groups in total. The van der Waals surface area contributed by atoms with Gasteiger partial charge in [-0.3, -0.25) is 4.79 Å². The van der Waals surface area contributed by atoms with Crippen LogP contribution >= 0.6 is 11.6 Å². The molecule has 0 aliphatic heterocycles. The summed E-state index contributed by atoms with van der Waals surface area (Å²) in [6.45, 7) is 1.29. The van der Waals surface area contributed by atoms with Crippen molar-refractivity contribution in [1.29, 1.82) is 0 Å². The van der Waals surface area contributed by atoms with Crippen molar-refractivity contribution in [3.05, 3.63) is 58.6 Å². The lowest BCUT2D eigenvalue weighted by molar-refractivity contribution is -0.154. The van der Waals surface area contributed by atoms with Crippen LogP contribution in [0.5, 0.6) is 0 Å². The molecule has 0 amide bonds. The minimum Gasteiger partial charge on any atom is -0.479 e. The number of anilines is 2. The highest BCUT2D eigenvalue weighted by Gasteiger charge is 2.12. The molecule has 0 aliphatic carbocycles. The first kappa shape index (κ1) is 16.8. The maximum absolute atomic E-state index is 11.7. The molecule has 0 fully saturated rings. The van der Waals surface area contributed by atoms with Gasteiger partial charge in [0, 0.05) is 5.69 Å². The summed E-state index contributed by atoms with van der Waals surface area (Å²) < 4.78 is 4.67. The number of carbonyl (C=O) groups excluding carboxylic acids is 1. The van der Waals surface area contributed by atoms with Crippen molar-refractivity contribution in [2.24, 2.45) is 0 Å². The fourth-order valence-corrected chi connectivity index (χ4v) is 2.34. The van der Waals surface area contributed by atoms with Crippen molar-refractivity contribution in [1.82, 2.24) is 0 Å². The molecule has 0 heterocycles. The number of ether oxygens (including phenoxy) is 1. The second kappa shape index (κ2) is 7.65. The highest BCUT2D eigenvalue weighted by atomic mass is 35.5. The monoisotopic (exact) mass is 333 g/mol. The van der Waals surface area contributed by atoms with E-state index in [1.807, 2.05) is 31.2 Å². The van der Waals surface area contributed by atoms with Gasteiger partial charge in [0.15, 0.2) is 6.61 Å². The minimum atomic E-state index is -1.18. The van der Waals surface area contributed by atoms with Gasteiger partial charge in [0.2, 0.25) is 0 Å². The van der Waals surface area contributed by atoms with E-state index in [-0.39, 0.29) is 6.42 Å². The number of carboxylic acids is 1. The van der Waals surface area contributed by atoms with E-state index in [0.29, 0.717) is 10.6 Å². The zero-order chi connectivity index (χ0) is 16.8. The van der Waals surface area contributed by atoms with Gasteiger partial charge in [-0.05, 0) is 30.2 Å². The molecule has 2 aromatic rings. The Morgan fingerprint density at radius 1 is 1.17 bits per heavy atom. The fourth-order valence-electron chi connectivity index (χ4n) is 2.07. The molecule has 120 valence electrons. The number of carbonyl (C=O) groups is 2. The van der Waals surface area contributed by atoms with Crippen LogP contribution in [0.2, 0.25) is 5.02 Å². The lowest BCUT2D eigenvalue weighted by atomic mass is 10.1. The fraction of sp³-hybridized carbons (Fsp3) is 0.176. The summed E-state index contributed by atoms with van der Waals surface area (Å²) in [5.74, 6) is -1.78. The van der Waals surface area contributed by atoms with Crippen LogP contribution in [0.15, 0.2) is 42.5 Å². The number of para-hydroxylation sites is 2. The molecule has 5 nitrogen and oxygen atoms in total. The van der Waals surface area contributed by atoms with Gasteiger partial charge in [-0.15, -0.1) is 0 Å². The molecule has 0 bridgehead atoms. The third-order valence-corrected chi connectivity index (χ3v) is 3.51. The van der Waals surface area contributed by atoms with Crippen LogP contribution < -0.4 is 5.32 Å². The highest BCUT2D eigenvalue weighted by Crippen LogP contribution is 2.30. The van der Waals surface area contributed by atoms with Crippen molar-refractivity contribution < 1.29 is 19.4 Å². The quantitative estimate of drug-likeness (QED) is 0.790. The maximum Gasteiger partial charge on any atom is 0.341 e. The van der Waals surface area contributed by atoms with Crippen LogP contribution in [-0.2, 0) is 20.7 Å². The van der Waals surface area contributed by atoms with E-state index >= 15 is 0 Å². The highest BCUT2D eigenvalue weighted by molar-refractivity contribution is 6.33. The lowest BCUT2D eigenvalue weighted by Crippen LogP contribution is -2.15. The Morgan fingerprint density at radius 3 is 2.61 bits per heavy atom. The summed E-state index contributed by atoms with van der Waals surface area (Å²) in [4.78, 5) is 22.2. The molecular formula is C17H16ClNO4. The van der Waals surface area contributed by atoms with Gasteiger partial charge in [-0.25, -0.2) is 4.79 Å². The van der Waals surface area contributed by atoms with Crippen LogP contribution in [0, 0.1) is 6.92 Å². The third-order valence-electron chi connectivity index (χ3n) is 3.19. The van der Waals surface area contributed by atoms with Gasteiger partial charge >= 0.3 is 11.9 Å². The predicted octanol–water partition coefficient (Wildman–Crippen LogP) is 3.56. The Hall–Kier alpha value is -2.53. The first-order valence-corrected chi connectivity index (χ1v) is 7.32. The van der Waals surface area contributed by atoms with Crippen LogP contribution in [0.25, 0.3) is 0 Å². The van der Waals surface area contributed by atoms with Crippen molar-refractivity contribution in [2.75, 3.05) is 11.9 Å². The molecule has 0 saturated carbocycles. The lowest BCUT2D eigenvalue weighted by Gasteiger charge is -2.14. The van der Waals surface area contributed by atoms with E-state index in [0.717, 1.165) is 16.9 Å². The normalized spacial score (nSPS) is 10.2. The number of hydrogen-bond donors (Lipinski definition) is 2. The van der Waals surface area contributed by atoms with Crippen LogP contribution in [0.3, 0.4) is 0 Å². The standard InChI is InChI=1S/C17H16ClNO4/c1-11-5-4-7-13(18)17(11)19-14-8-3-2-6-12(14)9-16(22)23-10-15(20)21/h2-8,19H,9-10H2,1H3,(H,20,21). The molecule has 0 spiro atoms. The number of esters is 1. The maximum atomic E-state index is 11.7. The Balaban J connectivity index is 2.18. The van der Waals surface area contributed by atoms with Gasteiger partial charge in [0.25, 0.3) is 0 Å². The molecule has 0 aromatic heterocycles. The van der Waals surface area contributed by atoms with Gasteiger partial charge in [0.1, 0.15) is 0 Å². The summed E-state index contributed by atoms with van der Waals surface area (Å²) in [5.41, 5.74) is 3.15. The van der Waals surface area contributed by atoms with Crippen LogP contribution in [-0.4, -0.2) is 23.7 Å². The Kier molecular flexibility index (Phi) is 5.60. The number of nitrogens with one attached hydrogen (secondary N) is 1. The van der Waals surface area contributed by atoms with Crippen molar-refractivity contribution >= 4 is 34.9 Å². The van der Waals surface area contributed by atoms with E-state index in [4.69, 9.17) is 16.7 Å². The van der Waals surface area contributed by atoms with Crippen molar-refractivity contribution in [2.45, 2.75) is 13.3 Å². The second-order valence-corrected chi connectivity index (χ2v) is 5.35. The van der Waals surface area contributed by atoms with E-state index < -0.39 is 18.5 Å². The molecule has 0 radical (unpaired) electrons. The summed E-state index contributed by atoms with van der Waals surface area (Å²) in [7, 11) is 0. The Labute approximate surface area is 138 Å². The number of benzene rings is 2. The van der Waals surface area contributed by atoms with Crippen LogP contribution in [0.1, 0.15) is 11.1 Å². The first-order valence-electron chi connectivity index (χ1n) is 6.95. The largest absolute Gasteiger partial charge is 0.479 e. The number of aryl methyl sites for hydroxylation is 1. The molecule has 0 aliphatic rings. The number of aliphatic carboxylic acids is 1. The molecule has 0 saturated heterocycles. The molecule has 2 aromatic carbocycles. The average molecular weight is 334 g/mol. The summed E-state index contributed by atoms with van der Waals surface area (Å²) in [6.07, 6.45) is -0.0278. The molecule has 0 unspecified atom stereocenters. The average Bonchev–Trinajstić information content (AvgIpc) is 2.50. The summed E-state index contributed by atoms with van der Waals surface area (Å²) >= 11 is 6.20. The topological polar surface area (TPSA) is 75.6 Å². The number of halogens is 1. The van der Waals surface area contributed by atoms with Gasteiger partial charge in [-0.2, -0.15) is 0 Å². The Bertz CT molecular complexity index is 710.